The number of hydrogen-bond donors (Lipinski definition) is 4. The van der Waals surface area contributed by atoms with E-state index in [1.54, 1.807) is 21.3 Å². The molecule has 3 rings (SSSR count). The van der Waals surface area contributed by atoms with Crippen LogP contribution in [0.1, 0.15) is 42.9 Å². The first-order valence-corrected chi connectivity index (χ1v) is 12.2. The van der Waals surface area contributed by atoms with Crippen LogP contribution in [0.15, 0.2) is 36.4 Å². The van der Waals surface area contributed by atoms with E-state index < -0.39 is 0 Å². The third-order valence-electron chi connectivity index (χ3n) is 6.68. The summed E-state index contributed by atoms with van der Waals surface area (Å²) in [6.45, 7) is 4.16. The number of hydrogen-bond acceptors (Lipinski definition) is 6. The van der Waals surface area contributed by atoms with Gasteiger partial charge in [0.05, 0.1) is 19.9 Å². The number of aliphatic hydroxyl groups excluding tert-OH is 1. The number of carbonyl (C=O) groups is 1. The Hall–Kier alpha value is -3.26. The molecule has 1 aliphatic heterocycles. The summed E-state index contributed by atoms with van der Waals surface area (Å²) < 4.78 is 11.0. The Kier molecular flexibility index (Phi) is 9.37. The summed E-state index contributed by atoms with van der Waals surface area (Å²) in [4.78, 5) is 14.1. The molecular weight excluding hydrogens is 444 g/mol. The normalized spacial score (nSPS) is 14.8. The molecule has 0 bridgehead atoms. The van der Waals surface area contributed by atoms with Gasteiger partial charge in [-0.2, -0.15) is 0 Å². The van der Waals surface area contributed by atoms with Crippen molar-refractivity contribution in [3.63, 3.8) is 0 Å². The van der Waals surface area contributed by atoms with Gasteiger partial charge in [-0.05, 0) is 68.4 Å². The molecule has 2 aromatic rings. The molecule has 2 aromatic carbocycles. The van der Waals surface area contributed by atoms with Crippen LogP contribution in [0.3, 0.4) is 0 Å². The zero-order valence-corrected chi connectivity index (χ0v) is 21.2. The maximum absolute atomic E-state index is 11.8. The lowest BCUT2D eigenvalue weighted by molar-refractivity contribution is 0.239. The van der Waals surface area contributed by atoms with Crippen LogP contribution in [0.2, 0.25) is 0 Å². The standard InChI is InChI=1S/C27H38N4O4/c1-18(30-27(33)29-2)15-21-16-24(34-3)25(35-4)17-23(21)26(28)20-5-7-22(8-6-20)31-12-9-19(10-13-31)11-14-32/h5-8,16-19,28,32H,9-15H2,1-4H3,(H2,29,30,33). The Morgan fingerprint density at radius 1 is 1.14 bits per heavy atom. The number of amides is 2. The number of urea groups is 1. The SMILES string of the molecule is CNC(=O)NC(C)Cc1cc(OC)c(OC)cc1C(=N)c1ccc(N2CCC(CCO)CC2)cc1. The minimum atomic E-state index is -0.245. The molecule has 0 radical (unpaired) electrons. The Morgan fingerprint density at radius 3 is 2.34 bits per heavy atom. The first kappa shape index (κ1) is 26.3. The maximum atomic E-state index is 11.8. The van der Waals surface area contributed by atoms with E-state index in [0.29, 0.717) is 29.5 Å². The highest BCUT2D eigenvalue weighted by molar-refractivity contribution is 6.12. The second kappa shape index (κ2) is 12.4. The van der Waals surface area contributed by atoms with Gasteiger partial charge < -0.3 is 30.1 Å². The molecule has 4 N–H and O–H groups in total. The number of benzene rings is 2. The molecule has 0 spiro atoms. The first-order valence-electron chi connectivity index (χ1n) is 12.2. The van der Waals surface area contributed by atoms with Crippen molar-refractivity contribution in [3.05, 3.63) is 53.1 Å². The molecule has 1 saturated heterocycles. The number of anilines is 1. The summed E-state index contributed by atoms with van der Waals surface area (Å²) in [6, 6.07) is 11.5. The van der Waals surface area contributed by atoms with Crippen molar-refractivity contribution in [1.82, 2.24) is 10.6 Å². The van der Waals surface area contributed by atoms with Gasteiger partial charge in [-0.1, -0.05) is 12.1 Å². The van der Waals surface area contributed by atoms with Gasteiger partial charge in [0.25, 0.3) is 0 Å². The van der Waals surface area contributed by atoms with Gasteiger partial charge in [-0.25, -0.2) is 4.79 Å². The van der Waals surface area contributed by atoms with Crippen LogP contribution < -0.4 is 25.0 Å². The lowest BCUT2D eigenvalue weighted by atomic mass is 9.92. The van der Waals surface area contributed by atoms with E-state index in [1.165, 1.54) is 0 Å². The van der Waals surface area contributed by atoms with Gasteiger partial charge in [-0.3, -0.25) is 5.41 Å². The van der Waals surface area contributed by atoms with Crippen LogP contribution >= 0.6 is 0 Å². The fraction of sp³-hybridized carbons (Fsp3) is 0.481. The average Bonchev–Trinajstić information content (AvgIpc) is 2.88. The topological polar surface area (TPSA) is 107 Å². The molecule has 0 saturated carbocycles. The third-order valence-corrected chi connectivity index (χ3v) is 6.68. The molecule has 35 heavy (non-hydrogen) atoms. The van der Waals surface area contributed by atoms with Gasteiger partial charge in [-0.15, -0.1) is 0 Å². The maximum Gasteiger partial charge on any atom is 0.314 e. The van der Waals surface area contributed by atoms with E-state index in [0.717, 1.165) is 54.7 Å². The number of nitrogens with one attached hydrogen (secondary N) is 3. The highest BCUT2D eigenvalue weighted by atomic mass is 16.5. The summed E-state index contributed by atoms with van der Waals surface area (Å²) in [7, 11) is 4.75. The van der Waals surface area contributed by atoms with E-state index in [9.17, 15) is 9.90 Å². The van der Waals surface area contributed by atoms with Crippen molar-refractivity contribution >= 4 is 17.4 Å². The number of aliphatic hydroxyl groups is 1. The second-order valence-electron chi connectivity index (χ2n) is 9.06. The number of carbonyl (C=O) groups excluding carboxylic acids is 1. The van der Waals surface area contributed by atoms with Crippen LogP contribution in [0.5, 0.6) is 11.5 Å². The van der Waals surface area contributed by atoms with Crippen molar-refractivity contribution in [3.8, 4) is 11.5 Å². The van der Waals surface area contributed by atoms with E-state index >= 15 is 0 Å². The molecule has 8 heteroatoms. The summed E-state index contributed by atoms with van der Waals surface area (Å²) in [5, 5.41) is 23.6. The van der Waals surface area contributed by atoms with Crippen LogP contribution in [-0.2, 0) is 6.42 Å². The van der Waals surface area contributed by atoms with Gasteiger partial charge in [0.15, 0.2) is 11.5 Å². The lowest BCUT2D eigenvalue weighted by Crippen LogP contribution is -2.40. The number of rotatable bonds is 10. The molecule has 1 unspecified atom stereocenters. The summed E-state index contributed by atoms with van der Waals surface area (Å²) in [5.74, 6) is 1.75. The van der Waals surface area contributed by atoms with Crippen molar-refractivity contribution in [2.24, 2.45) is 5.92 Å². The number of nitrogens with zero attached hydrogens (tertiary/aromatic N) is 1. The molecule has 0 aromatic heterocycles. The Labute approximate surface area is 208 Å². The van der Waals surface area contributed by atoms with Crippen LogP contribution in [0.25, 0.3) is 0 Å². The molecule has 190 valence electrons. The minimum absolute atomic E-state index is 0.143. The van der Waals surface area contributed by atoms with Crippen molar-refractivity contribution in [2.75, 3.05) is 45.9 Å². The molecule has 8 nitrogen and oxygen atoms in total. The first-order chi connectivity index (χ1) is 16.9. The van der Waals surface area contributed by atoms with Gasteiger partial charge in [0, 0.05) is 49.6 Å². The Balaban J connectivity index is 1.82. The summed E-state index contributed by atoms with van der Waals surface area (Å²) in [6.07, 6.45) is 3.60. The average molecular weight is 483 g/mol. The van der Waals surface area contributed by atoms with Crippen molar-refractivity contribution in [2.45, 2.75) is 38.6 Å². The van der Waals surface area contributed by atoms with E-state index in [-0.39, 0.29) is 18.7 Å². The Morgan fingerprint density at radius 2 is 1.77 bits per heavy atom. The van der Waals surface area contributed by atoms with Gasteiger partial charge in [0.1, 0.15) is 0 Å². The second-order valence-corrected chi connectivity index (χ2v) is 9.06. The van der Waals surface area contributed by atoms with Crippen LogP contribution in [0.4, 0.5) is 10.5 Å². The quantitative estimate of drug-likeness (QED) is 0.387. The zero-order chi connectivity index (χ0) is 25.4. The van der Waals surface area contributed by atoms with E-state index in [1.807, 2.05) is 31.2 Å². The molecule has 1 aliphatic rings. The number of ether oxygens (including phenoxy) is 2. The lowest BCUT2D eigenvalue weighted by Gasteiger charge is -2.33. The molecular formula is C27H38N4O4. The number of methoxy groups -OCH3 is 2. The summed E-state index contributed by atoms with van der Waals surface area (Å²) in [5.41, 5.74) is 3.99. The number of piperidine rings is 1. The largest absolute Gasteiger partial charge is 0.493 e. The van der Waals surface area contributed by atoms with Crippen molar-refractivity contribution < 1.29 is 19.4 Å². The predicted molar refractivity (Wildman–Crippen MR) is 139 cm³/mol. The predicted octanol–water partition coefficient (Wildman–Crippen LogP) is 3.58. The third kappa shape index (κ3) is 6.66. The fourth-order valence-corrected chi connectivity index (χ4v) is 4.66. The van der Waals surface area contributed by atoms with Gasteiger partial charge >= 0.3 is 6.03 Å². The molecule has 0 aliphatic carbocycles. The smallest absolute Gasteiger partial charge is 0.314 e. The summed E-state index contributed by atoms with van der Waals surface area (Å²) >= 11 is 0. The van der Waals surface area contributed by atoms with Gasteiger partial charge in [0.2, 0.25) is 0 Å². The molecule has 1 fully saturated rings. The van der Waals surface area contributed by atoms with Crippen molar-refractivity contribution in [1.29, 1.82) is 5.41 Å². The molecule has 1 atom stereocenters. The van der Waals surface area contributed by atoms with E-state index in [2.05, 4.69) is 27.7 Å². The zero-order valence-electron chi connectivity index (χ0n) is 21.2. The molecule has 1 heterocycles. The fourth-order valence-electron chi connectivity index (χ4n) is 4.66. The van der Waals surface area contributed by atoms with Crippen LogP contribution in [0, 0.1) is 11.3 Å². The Bertz CT molecular complexity index is 1000. The highest BCUT2D eigenvalue weighted by Gasteiger charge is 2.21. The highest BCUT2D eigenvalue weighted by Crippen LogP contribution is 2.33. The van der Waals surface area contributed by atoms with Crippen LogP contribution in [-0.4, -0.2) is 63.9 Å². The monoisotopic (exact) mass is 482 g/mol. The van der Waals surface area contributed by atoms with E-state index in [4.69, 9.17) is 14.9 Å². The minimum Gasteiger partial charge on any atom is -0.493 e. The molecule has 2 amide bonds.